The molecule has 5 rings (SSSR count). The second-order valence-electron chi connectivity index (χ2n) is 8.90. The number of imidazole rings is 1. The van der Waals surface area contributed by atoms with E-state index in [1.165, 1.54) is 35.1 Å². The van der Waals surface area contributed by atoms with E-state index in [-0.39, 0.29) is 0 Å². The zero-order valence-corrected chi connectivity index (χ0v) is 20.3. The number of carbonyl (C=O) groups is 1. The minimum Gasteiger partial charge on any atom is -0.475 e. The van der Waals surface area contributed by atoms with Crippen LogP contribution >= 0.6 is 0 Å². The Bertz CT molecular complexity index is 1340. The molecule has 0 radical (unpaired) electrons. The number of aryl methyl sites for hydroxylation is 1. The van der Waals surface area contributed by atoms with Gasteiger partial charge in [0.1, 0.15) is 5.82 Å². The first-order valence-electron chi connectivity index (χ1n) is 12.0. The monoisotopic (exact) mass is 511 g/mol. The van der Waals surface area contributed by atoms with Crippen LogP contribution in [0, 0.1) is 6.92 Å². The summed E-state index contributed by atoms with van der Waals surface area (Å²) < 4.78 is 37.4. The number of aromatic nitrogens is 2. The molecule has 194 valence electrons. The fourth-order valence-electron chi connectivity index (χ4n) is 4.18. The van der Waals surface area contributed by atoms with E-state index in [1.54, 1.807) is 0 Å². The van der Waals surface area contributed by atoms with E-state index in [2.05, 4.69) is 84.0 Å². The highest BCUT2D eigenvalue weighted by molar-refractivity contribution is 5.82. The number of halogens is 3. The molecule has 1 atom stereocenters. The number of rotatable bonds is 6. The SMILES string of the molecule is Cc1cccc2[nH]c(-c3ccc(-c4cccc(CNCC5CCCO5)c4)cc3)nc12.O=C(O)C(F)(F)F. The highest BCUT2D eigenvalue weighted by Crippen LogP contribution is 2.26. The first-order chi connectivity index (χ1) is 17.7. The molecule has 0 spiro atoms. The van der Waals surface area contributed by atoms with Gasteiger partial charge in [0, 0.05) is 25.3 Å². The van der Waals surface area contributed by atoms with Crippen LogP contribution in [0.2, 0.25) is 0 Å². The third-order valence-electron chi connectivity index (χ3n) is 6.10. The van der Waals surface area contributed by atoms with E-state index in [4.69, 9.17) is 19.6 Å². The highest BCUT2D eigenvalue weighted by Gasteiger charge is 2.38. The molecule has 1 aromatic heterocycles. The molecule has 3 N–H and O–H groups in total. The molecule has 6 nitrogen and oxygen atoms in total. The molecule has 1 aliphatic heterocycles. The van der Waals surface area contributed by atoms with Crippen molar-refractivity contribution in [2.24, 2.45) is 0 Å². The topological polar surface area (TPSA) is 87.2 Å². The van der Waals surface area contributed by atoms with Crippen molar-refractivity contribution in [1.82, 2.24) is 15.3 Å². The van der Waals surface area contributed by atoms with Gasteiger partial charge in [-0.25, -0.2) is 9.78 Å². The van der Waals surface area contributed by atoms with Crippen LogP contribution in [0.3, 0.4) is 0 Å². The van der Waals surface area contributed by atoms with Crippen LogP contribution in [0.5, 0.6) is 0 Å². The fraction of sp³-hybridized carbons (Fsp3) is 0.286. The minimum absolute atomic E-state index is 0.378. The van der Waals surface area contributed by atoms with Crippen LogP contribution in [0.25, 0.3) is 33.5 Å². The van der Waals surface area contributed by atoms with Gasteiger partial charge in [0.25, 0.3) is 0 Å². The predicted octanol–water partition coefficient (Wildman–Crippen LogP) is 6.11. The number of nitrogens with one attached hydrogen (secondary N) is 2. The van der Waals surface area contributed by atoms with Crippen molar-refractivity contribution in [1.29, 1.82) is 0 Å². The van der Waals surface area contributed by atoms with Gasteiger partial charge in [-0.2, -0.15) is 13.2 Å². The first kappa shape index (κ1) is 26.4. The lowest BCUT2D eigenvalue weighted by molar-refractivity contribution is -0.192. The number of ether oxygens (including phenoxy) is 1. The molecule has 3 aromatic carbocycles. The number of alkyl halides is 3. The first-order valence-corrected chi connectivity index (χ1v) is 12.0. The molecule has 1 unspecified atom stereocenters. The number of hydrogen-bond acceptors (Lipinski definition) is 4. The average Bonchev–Trinajstić information content (AvgIpc) is 3.55. The van der Waals surface area contributed by atoms with Crippen LogP contribution in [0.15, 0.2) is 66.7 Å². The van der Waals surface area contributed by atoms with Gasteiger partial charge in [-0.3, -0.25) is 0 Å². The van der Waals surface area contributed by atoms with Gasteiger partial charge in [-0.15, -0.1) is 0 Å². The lowest BCUT2D eigenvalue weighted by Gasteiger charge is -2.11. The van der Waals surface area contributed by atoms with E-state index >= 15 is 0 Å². The van der Waals surface area contributed by atoms with E-state index in [9.17, 15) is 13.2 Å². The summed E-state index contributed by atoms with van der Waals surface area (Å²) >= 11 is 0. The number of carboxylic acids is 1. The van der Waals surface area contributed by atoms with Crippen molar-refractivity contribution in [3.05, 3.63) is 77.9 Å². The zero-order valence-electron chi connectivity index (χ0n) is 20.3. The largest absolute Gasteiger partial charge is 0.490 e. The Morgan fingerprint density at radius 3 is 2.43 bits per heavy atom. The standard InChI is InChI=1S/C26H27N3O.C2HF3O2/c1-18-5-2-9-24-25(18)29-26(28-24)21-12-10-20(11-13-21)22-7-3-6-19(15-22)16-27-17-23-8-4-14-30-23;3-2(4,5)1(6)7/h2-3,5-7,9-13,15,23,27H,4,8,14,16-17H2,1H3,(H,28,29);(H,6,7). The fourth-order valence-corrected chi connectivity index (χ4v) is 4.18. The Morgan fingerprint density at radius 2 is 1.78 bits per heavy atom. The van der Waals surface area contributed by atoms with Crippen molar-refractivity contribution >= 4 is 17.0 Å². The lowest BCUT2D eigenvalue weighted by Crippen LogP contribution is -2.25. The van der Waals surface area contributed by atoms with Gasteiger partial charge in [-0.05, 0) is 54.2 Å². The molecule has 4 aromatic rings. The zero-order chi connectivity index (χ0) is 26.4. The summed E-state index contributed by atoms with van der Waals surface area (Å²) in [6, 6.07) is 23.6. The second kappa shape index (κ2) is 11.6. The number of benzene rings is 3. The van der Waals surface area contributed by atoms with Gasteiger partial charge >= 0.3 is 12.1 Å². The summed E-state index contributed by atoms with van der Waals surface area (Å²) in [5.41, 5.74) is 8.16. The van der Waals surface area contributed by atoms with Gasteiger partial charge in [0.05, 0.1) is 17.1 Å². The molecular weight excluding hydrogens is 483 g/mol. The predicted molar refractivity (Wildman–Crippen MR) is 136 cm³/mol. The highest BCUT2D eigenvalue weighted by atomic mass is 19.4. The van der Waals surface area contributed by atoms with Crippen LogP contribution in [0.4, 0.5) is 13.2 Å². The molecule has 0 amide bonds. The summed E-state index contributed by atoms with van der Waals surface area (Å²) in [6.45, 7) is 4.80. The average molecular weight is 512 g/mol. The number of H-pyrrole nitrogens is 1. The number of fused-ring (bicyclic) bond motifs is 1. The van der Waals surface area contributed by atoms with Gasteiger partial charge < -0.3 is 20.1 Å². The van der Waals surface area contributed by atoms with Crippen LogP contribution in [-0.2, 0) is 16.1 Å². The number of para-hydroxylation sites is 1. The van der Waals surface area contributed by atoms with Gasteiger partial charge in [-0.1, -0.05) is 54.6 Å². The number of hydrogen-bond donors (Lipinski definition) is 3. The van der Waals surface area contributed by atoms with Crippen molar-refractivity contribution in [3.8, 4) is 22.5 Å². The van der Waals surface area contributed by atoms with Crippen LogP contribution in [-0.4, -0.2) is 46.5 Å². The molecule has 0 aliphatic carbocycles. The number of aromatic amines is 1. The van der Waals surface area contributed by atoms with Gasteiger partial charge in [0.15, 0.2) is 0 Å². The molecule has 37 heavy (non-hydrogen) atoms. The Kier molecular flexibility index (Phi) is 8.25. The quantitative estimate of drug-likeness (QED) is 0.291. The summed E-state index contributed by atoms with van der Waals surface area (Å²) in [5.74, 6) is -1.84. The maximum absolute atomic E-state index is 10.6. The maximum Gasteiger partial charge on any atom is 0.490 e. The second-order valence-corrected chi connectivity index (χ2v) is 8.90. The summed E-state index contributed by atoms with van der Waals surface area (Å²) in [6.07, 6.45) is -2.35. The number of nitrogens with zero attached hydrogens (tertiary/aromatic N) is 1. The molecule has 1 saturated heterocycles. The molecule has 9 heteroatoms. The Hall–Kier alpha value is -3.69. The van der Waals surface area contributed by atoms with E-state index < -0.39 is 12.1 Å². The summed E-state index contributed by atoms with van der Waals surface area (Å²) in [7, 11) is 0. The summed E-state index contributed by atoms with van der Waals surface area (Å²) in [5, 5.41) is 10.7. The third-order valence-corrected chi connectivity index (χ3v) is 6.10. The smallest absolute Gasteiger partial charge is 0.475 e. The van der Waals surface area contributed by atoms with Crippen molar-refractivity contribution in [2.45, 2.75) is 38.6 Å². The van der Waals surface area contributed by atoms with E-state index in [1.807, 2.05) is 0 Å². The van der Waals surface area contributed by atoms with Crippen LogP contribution < -0.4 is 5.32 Å². The number of aliphatic carboxylic acids is 1. The normalized spacial score (nSPS) is 15.4. The molecule has 1 aliphatic rings. The maximum atomic E-state index is 10.6. The molecule has 0 bridgehead atoms. The molecular formula is C28H28F3N3O3. The van der Waals surface area contributed by atoms with E-state index in [0.717, 1.165) is 42.1 Å². The van der Waals surface area contributed by atoms with Gasteiger partial charge in [0.2, 0.25) is 0 Å². The Labute approximate surface area is 212 Å². The lowest BCUT2D eigenvalue weighted by atomic mass is 10.0. The summed E-state index contributed by atoms with van der Waals surface area (Å²) in [4.78, 5) is 17.1. The van der Waals surface area contributed by atoms with Crippen molar-refractivity contribution in [3.63, 3.8) is 0 Å². The molecule has 1 fully saturated rings. The number of carboxylic acid groups (broad SMARTS) is 1. The van der Waals surface area contributed by atoms with E-state index in [0.29, 0.717) is 6.10 Å². The molecule has 0 saturated carbocycles. The Balaban J connectivity index is 0.000000405. The van der Waals surface area contributed by atoms with Crippen LogP contribution in [0.1, 0.15) is 24.0 Å². The van der Waals surface area contributed by atoms with Crippen molar-refractivity contribution < 1.29 is 27.8 Å². The minimum atomic E-state index is -5.08. The third kappa shape index (κ3) is 6.96. The molecule has 2 heterocycles. The Morgan fingerprint density at radius 1 is 1.08 bits per heavy atom. The van der Waals surface area contributed by atoms with Crippen molar-refractivity contribution in [2.75, 3.05) is 13.2 Å².